The van der Waals surface area contributed by atoms with Gasteiger partial charge in [-0.3, -0.25) is 0 Å². The Labute approximate surface area is 90.7 Å². The zero-order chi connectivity index (χ0) is 10.7. The topological polar surface area (TPSA) is 41.1 Å². The largest absolute Gasteiger partial charge is 0.357 e. The fraction of sp³-hybridized carbons (Fsp3) is 0.636. The molecule has 1 saturated carbocycles. The first-order valence-electron chi connectivity index (χ1n) is 5.50. The summed E-state index contributed by atoms with van der Waals surface area (Å²) in [4.78, 5) is 11.0. The lowest BCUT2D eigenvalue weighted by molar-refractivity contribution is 0.399. The lowest BCUT2D eigenvalue weighted by Gasteiger charge is -2.35. The molecule has 0 amide bonds. The van der Waals surface area contributed by atoms with Gasteiger partial charge in [0.1, 0.15) is 11.6 Å². The van der Waals surface area contributed by atoms with Crippen LogP contribution < -0.4 is 10.2 Å². The number of nitrogens with one attached hydrogen (secondary N) is 1. The minimum absolute atomic E-state index is 0.683. The molecule has 0 saturated heterocycles. The average Bonchev–Trinajstić information content (AvgIpc) is 2.16. The zero-order valence-corrected chi connectivity index (χ0v) is 9.40. The van der Waals surface area contributed by atoms with Crippen LogP contribution in [-0.4, -0.2) is 30.1 Å². The summed E-state index contributed by atoms with van der Waals surface area (Å²) in [6.45, 7) is 0.729. The van der Waals surface area contributed by atoms with Crippen molar-refractivity contribution in [3.63, 3.8) is 0 Å². The van der Waals surface area contributed by atoms with E-state index in [0.29, 0.717) is 6.04 Å². The van der Waals surface area contributed by atoms with Gasteiger partial charge in [-0.05, 0) is 32.4 Å². The van der Waals surface area contributed by atoms with E-state index in [4.69, 9.17) is 0 Å². The number of aromatic nitrogens is 2. The van der Waals surface area contributed by atoms with Crippen molar-refractivity contribution >= 4 is 5.82 Å². The standard InChI is InChI=1S/C11H18N4/c1-12-8-10-13-7-6-11(14-10)15(2)9-4-3-5-9/h6-7,9,12H,3-5,8H2,1-2H3. The van der Waals surface area contributed by atoms with E-state index in [1.165, 1.54) is 19.3 Å². The van der Waals surface area contributed by atoms with E-state index in [1.807, 2.05) is 19.3 Å². The number of hydrogen-bond donors (Lipinski definition) is 1. The van der Waals surface area contributed by atoms with Crippen molar-refractivity contribution in [3.05, 3.63) is 18.1 Å². The van der Waals surface area contributed by atoms with Crippen molar-refractivity contribution in [2.24, 2.45) is 0 Å². The highest BCUT2D eigenvalue weighted by Gasteiger charge is 2.22. The average molecular weight is 206 g/mol. The Kier molecular flexibility index (Phi) is 3.16. The summed E-state index contributed by atoms with van der Waals surface area (Å²) in [5, 5.41) is 3.06. The Morgan fingerprint density at radius 3 is 2.93 bits per heavy atom. The van der Waals surface area contributed by atoms with E-state index in [1.54, 1.807) is 0 Å². The molecule has 1 fully saturated rings. The lowest BCUT2D eigenvalue weighted by Crippen LogP contribution is -2.37. The van der Waals surface area contributed by atoms with Gasteiger partial charge in [-0.25, -0.2) is 9.97 Å². The predicted molar refractivity (Wildman–Crippen MR) is 60.8 cm³/mol. The van der Waals surface area contributed by atoms with E-state index in [-0.39, 0.29) is 0 Å². The second-order valence-corrected chi connectivity index (χ2v) is 4.06. The van der Waals surface area contributed by atoms with Crippen LogP contribution in [0.4, 0.5) is 5.82 Å². The van der Waals surface area contributed by atoms with Crippen LogP contribution in [0.5, 0.6) is 0 Å². The highest BCUT2D eigenvalue weighted by atomic mass is 15.2. The van der Waals surface area contributed by atoms with Gasteiger partial charge >= 0.3 is 0 Å². The van der Waals surface area contributed by atoms with Crippen LogP contribution in [0, 0.1) is 0 Å². The maximum atomic E-state index is 4.52. The SMILES string of the molecule is CNCc1nccc(N(C)C2CCC2)n1. The van der Waals surface area contributed by atoms with E-state index in [9.17, 15) is 0 Å². The zero-order valence-electron chi connectivity index (χ0n) is 9.40. The van der Waals surface area contributed by atoms with Crippen molar-refractivity contribution in [1.29, 1.82) is 0 Å². The van der Waals surface area contributed by atoms with Gasteiger partial charge in [0.15, 0.2) is 0 Å². The fourth-order valence-electron chi connectivity index (χ4n) is 1.79. The van der Waals surface area contributed by atoms with Gasteiger partial charge in [0, 0.05) is 19.3 Å². The molecule has 0 aliphatic heterocycles. The molecule has 4 heteroatoms. The summed E-state index contributed by atoms with van der Waals surface area (Å²) in [7, 11) is 4.03. The molecule has 15 heavy (non-hydrogen) atoms. The molecule has 0 unspecified atom stereocenters. The van der Waals surface area contributed by atoms with Crippen LogP contribution >= 0.6 is 0 Å². The molecule has 1 aliphatic carbocycles. The van der Waals surface area contributed by atoms with Crippen molar-refractivity contribution in [2.45, 2.75) is 31.8 Å². The predicted octanol–water partition coefficient (Wildman–Crippen LogP) is 1.18. The molecule has 1 heterocycles. The smallest absolute Gasteiger partial charge is 0.144 e. The molecule has 0 aromatic carbocycles. The minimum atomic E-state index is 0.683. The number of nitrogens with zero attached hydrogens (tertiary/aromatic N) is 3. The van der Waals surface area contributed by atoms with Gasteiger partial charge in [-0.2, -0.15) is 0 Å². The maximum Gasteiger partial charge on any atom is 0.144 e. The third-order valence-electron chi connectivity index (χ3n) is 3.01. The quantitative estimate of drug-likeness (QED) is 0.803. The molecule has 4 nitrogen and oxygen atoms in total. The monoisotopic (exact) mass is 206 g/mol. The van der Waals surface area contributed by atoms with E-state index in [2.05, 4.69) is 27.2 Å². The fourth-order valence-corrected chi connectivity index (χ4v) is 1.79. The lowest BCUT2D eigenvalue weighted by atomic mass is 9.92. The first kappa shape index (κ1) is 10.4. The van der Waals surface area contributed by atoms with Crippen molar-refractivity contribution < 1.29 is 0 Å². The van der Waals surface area contributed by atoms with Crippen molar-refractivity contribution in [1.82, 2.24) is 15.3 Å². The minimum Gasteiger partial charge on any atom is -0.357 e. The third-order valence-corrected chi connectivity index (χ3v) is 3.01. The first-order chi connectivity index (χ1) is 7.31. The molecule has 82 valence electrons. The first-order valence-corrected chi connectivity index (χ1v) is 5.50. The normalized spacial score (nSPS) is 16.1. The molecule has 1 aliphatic rings. The molecule has 0 bridgehead atoms. The number of rotatable bonds is 4. The van der Waals surface area contributed by atoms with Crippen molar-refractivity contribution in [3.8, 4) is 0 Å². The molecular weight excluding hydrogens is 188 g/mol. The third kappa shape index (κ3) is 2.26. The Balaban J connectivity index is 2.09. The summed E-state index contributed by atoms with van der Waals surface area (Å²) >= 11 is 0. The molecule has 0 spiro atoms. The summed E-state index contributed by atoms with van der Waals surface area (Å²) in [6.07, 6.45) is 5.78. The molecular formula is C11H18N4. The van der Waals surface area contributed by atoms with Gasteiger partial charge in [0.05, 0.1) is 6.54 Å². The molecule has 1 aromatic heterocycles. The van der Waals surface area contributed by atoms with Crippen LogP contribution in [0.3, 0.4) is 0 Å². The number of hydrogen-bond acceptors (Lipinski definition) is 4. The maximum absolute atomic E-state index is 4.52. The van der Waals surface area contributed by atoms with Gasteiger partial charge in [0.25, 0.3) is 0 Å². The summed E-state index contributed by atoms with van der Waals surface area (Å²) in [5.41, 5.74) is 0. The van der Waals surface area contributed by atoms with Crippen LogP contribution in [0.25, 0.3) is 0 Å². The Hall–Kier alpha value is -1.16. The van der Waals surface area contributed by atoms with Gasteiger partial charge in [0.2, 0.25) is 0 Å². The van der Waals surface area contributed by atoms with Crippen LogP contribution in [-0.2, 0) is 6.54 Å². The summed E-state index contributed by atoms with van der Waals surface area (Å²) in [6, 6.07) is 2.67. The van der Waals surface area contributed by atoms with E-state index < -0.39 is 0 Å². The molecule has 1 N–H and O–H groups in total. The summed E-state index contributed by atoms with van der Waals surface area (Å²) < 4.78 is 0. The van der Waals surface area contributed by atoms with Gasteiger partial charge in [-0.1, -0.05) is 0 Å². The molecule has 2 rings (SSSR count). The van der Waals surface area contributed by atoms with Gasteiger partial charge in [-0.15, -0.1) is 0 Å². The molecule has 1 aromatic rings. The summed E-state index contributed by atoms with van der Waals surface area (Å²) in [5.74, 6) is 1.90. The number of anilines is 1. The van der Waals surface area contributed by atoms with E-state index in [0.717, 1.165) is 18.2 Å². The Morgan fingerprint density at radius 1 is 1.53 bits per heavy atom. The Bertz CT molecular complexity index is 322. The molecule has 0 radical (unpaired) electrons. The highest BCUT2D eigenvalue weighted by Crippen LogP contribution is 2.26. The van der Waals surface area contributed by atoms with Gasteiger partial charge < -0.3 is 10.2 Å². The van der Waals surface area contributed by atoms with Crippen LogP contribution in [0.1, 0.15) is 25.1 Å². The van der Waals surface area contributed by atoms with Crippen molar-refractivity contribution in [2.75, 3.05) is 19.0 Å². The van der Waals surface area contributed by atoms with E-state index >= 15 is 0 Å². The molecule has 0 atom stereocenters. The highest BCUT2D eigenvalue weighted by molar-refractivity contribution is 5.38. The van der Waals surface area contributed by atoms with Crippen LogP contribution in [0.15, 0.2) is 12.3 Å². The van der Waals surface area contributed by atoms with Crippen LogP contribution in [0.2, 0.25) is 0 Å². The second kappa shape index (κ2) is 4.57. The second-order valence-electron chi connectivity index (χ2n) is 4.06. The Morgan fingerprint density at radius 2 is 2.33 bits per heavy atom.